The summed E-state index contributed by atoms with van der Waals surface area (Å²) < 4.78 is 10.7. The molecule has 3 rings (SSSR count). The lowest BCUT2D eigenvalue weighted by molar-refractivity contribution is -0.145. The van der Waals surface area contributed by atoms with Gasteiger partial charge in [-0.2, -0.15) is 0 Å². The molecule has 0 aromatic heterocycles. The van der Waals surface area contributed by atoms with Crippen LogP contribution in [0.2, 0.25) is 0 Å². The van der Waals surface area contributed by atoms with E-state index in [1.807, 2.05) is 49.6 Å². The maximum Gasteiger partial charge on any atom is 0.344 e. The summed E-state index contributed by atoms with van der Waals surface area (Å²) in [5.74, 6) is -0.172. The molecule has 0 saturated heterocycles. The Labute approximate surface area is 209 Å². The molecule has 8 heteroatoms. The number of nitrogens with zero attached hydrogens (tertiary/aromatic N) is 1. The van der Waals surface area contributed by atoms with Gasteiger partial charge >= 0.3 is 5.97 Å². The molecule has 1 unspecified atom stereocenters. The second-order valence-corrected chi connectivity index (χ2v) is 9.83. The Morgan fingerprint density at radius 2 is 1.85 bits per heavy atom. The predicted octanol–water partition coefficient (Wildman–Crippen LogP) is 6.23. The van der Waals surface area contributed by atoms with Gasteiger partial charge in [-0.25, -0.2) is 4.79 Å². The number of anilines is 2. The average Bonchev–Trinajstić information content (AvgIpc) is 2.93. The fraction of sp³-hybridized carbons (Fsp3) is 0.423. The number of unbranched alkanes of at least 4 members (excludes halogenated alkanes) is 1. The second-order valence-electron chi connectivity index (χ2n) is 7.97. The van der Waals surface area contributed by atoms with Crippen molar-refractivity contribution < 1.29 is 23.9 Å². The van der Waals surface area contributed by atoms with Gasteiger partial charge in [-0.15, -0.1) is 11.8 Å². The molecule has 2 aromatic rings. The van der Waals surface area contributed by atoms with Crippen LogP contribution in [0.4, 0.5) is 11.4 Å². The highest BCUT2D eigenvalue weighted by atomic mass is 32.2. The lowest BCUT2D eigenvalue weighted by atomic mass is 9.79. The van der Waals surface area contributed by atoms with E-state index >= 15 is 0 Å². The van der Waals surface area contributed by atoms with Gasteiger partial charge in [0, 0.05) is 10.6 Å². The first-order valence-electron chi connectivity index (χ1n) is 11.5. The number of benzene rings is 2. The number of para-hydroxylation sites is 1. The fourth-order valence-corrected chi connectivity index (χ4v) is 5.70. The molecule has 182 valence electrons. The molecule has 1 aliphatic heterocycles. The minimum absolute atomic E-state index is 0.152. The molecule has 0 radical (unpaired) electrons. The summed E-state index contributed by atoms with van der Waals surface area (Å²) in [7, 11) is 0. The molecule has 0 bridgehead atoms. The Hall–Kier alpha value is -2.45. The van der Waals surface area contributed by atoms with Gasteiger partial charge in [0.15, 0.2) is 6.61 Å². The topological polar surface area (TPSA) is 72.9 Å². The number of thioether (sulfide) groups is 2. The molecule has 0 aliphatic carbocycles. The lowest BCUT2D eigenvalue weighted by Gasteiger charge is -2.33. The zero-order valence-electron chi connectivity index (χ0n) is 20.1. The van der Waals surface area contributed by atoms with E-state index in [1.54, 1.807) is 17.9 Å². The van der Waals surface area contributed by atoms with Crippen molar-refractivity contribution in [2.75, 3.05) is 24.4 Å². The molecule has 34 heavy (non-hydrogen) atoms. The number of hydrogen-bond acceptors (Lipinski definition) is 7. The van der Waals surface area contributed by atoms with E-state index in [0.717, 1.165) is 29.5 Å². The number of hydrogen-bond donors (Lipinski definition) is 0. The van der Waals surface area contributed by atoms with Crippen LogP contribution in [0.3, 0.4) is 0 Å². The van der Waals surface area contributed by atoms with Crippen LogP contribution in [0, 0.1) is 5.41 Å². The molecule has 1 amide bonds. The number of fused-ring (bicyclic) bond motifs is 1. The first kappa shape index (κ1) is 26.2. The Morgan fingerprint density at radius 3 is 2.47 bits per heavy atom. The van der Waals surface area contributed by atoms with Gasteiger partial charge in [0.2, 0.25) is 11.0 Å². The first-order valence-corrected chi connectivity index (χ1v) is 13.6. The summed E-state index contributed by atoms with van der Waals surface area (Å²) in [6.07, 6.45) is 4.52. The van der Waals surface area contributed by atoms with Gasteiger partial charge in [-0.1, -0.05) is 44.9 Å². The van der Waals surface area contributed by atoms with Gasteiger partial charge in [0.1, 0.15) is 11.2 Å². The summed E-state index contributed by atoms with van der Waals surface area (Å²) in [6, 6.07) is 13.1. The molecular weight excluding hydrogens is 470 g/mol. The van der Waals surface area contributed by atoms with Crippen molar-refractivity contribution >= 4 is 51.9 Å². The van der Waals surface area contributed by atoms with Crippen LogP contribution in [-0.4, -0.2) is 36.5 Å². The molecule has 6 nitrogen and oxygen atoms in total. The minimum Gasteiger partial charge on any atom is -0.481 e. The monoisotopic (exact) mass is 501 g/mol. The highest BCUT2D eigenvalue weighted by Crippen LogP contribution is 2.50. The van der Waals surface area contributed by atoms with Crippen molar-refractivity contribution in [2.45, 2.75) is 56.2 Å². The summed E-state index contributed by atoms with van der Waals surface area (Å²) in [4.78, 5) is 42.7. The fourth-order valence-electron chi connectivity index (χ4n) is 4.00. The van der Waals surface area contributed by atoms with Crippen molar-refractivity contribution in [1.29, 1.82) is 0 Å². The third kappa shape index (κ3) is 5.28. The standard InChI is InChI=1S/C26H31NO5S2/c1-5-8-14-26(6-2)24(29)27(18-12-10-9-11-13-18)19-15-22(33-4)20(16-21(19)34-25(26)30)32-17-23(28)31-7-3/h9-13,15-16H,5-8,14,17H2,1-4H3. The highest BCUT2D eigenvalue weighted by molar-refractivity contribution is 8.14. The molecule has 0 N–H and O–H groups in total. The molecule has 0 saturated carbocycles. The van der Waals surface area contributed by atoms with Gasteiger partial charge in [0.25, 0.3) is 0 Å². The van der Waals surface area contributed by atoms with Crippen LogP contribution < -0.4 is 9.64 Å². The van der Waals surface area contributed by atoms with E-state index in [1.165, 1.54) is 11.8 Å². The predicted molar refractivity (Wildman–Crippen MR) is 137 cm³/mol. The Kier molecular flexibility index (Phi) is 9.08. The number of rotatable bonds is 10. The second kappa shape index (κ2) is 11.8. The molecule has 1 heterocycles. The van der Waals surface area contributed by atoms with E-state index in [9.17, 15) is 14.4 Å². The summed E-state index contributed by atoms with van der Waals surface area (Å²) >= 11 is 2.54. The van der Waals surface area contributed by atoms with E-state index in [-0.39, 0.29) is 24.2 Å². The summed E-state index contributed by atoms with van der Waals surface area (Å²) in [6.45, 7) is 5.76. The zero-order chi connectivity index (χ0) is 24.7. The molecule has 1 atom stereocenters. The molecule has 0 spiro atoms. The third-order valence-corrected chi connectivity index (χ3v) is 7.80. The lowest BCUT2D eigenvalue weighted by Crippen LogP contribution is -2.44. The van der Waals surface area contributed by atoms with Crippen LogP contribution in [0.1, 0.15) is 46.5 Å². The van der Waals surface area contributed by atoms with Crippen molar-refractivity contribution in [3.05, 3.63) is 42.5 Å². The van der Waals surface area contributed by atoms with E-state index in [0.29, 0.717) is 34.9 Å². The van der Waals surface area contributed by atoms with Crippen molar-refractivity contribution in [3.63, 3.8) is 0 Å². The van der Waals surface area contributed by atoms with Crippen molar-refractivity contribution in [3.8, 4) is 5.75 Å². The number of amides is 1. The van der Waals surface area contributed by atoms with Crippen LogP contribution >= 0.6 is 23.5 Å². The first-order chi connectivity index (χ1) is 16.4. The maximum atomic E-state index is 14.1. The van der Waals surface area contributed by atoms with Gasteiger partial charge < -0.3 is 9.47 Å². The Balaban J connectivity index is 2.15. The Morgan fingerprint density at radius 1 is 1.12 bits per heavy atom. The molecule has 2 aromatic carbocycles. The SMILES string of the molecule is CCCCC1(CC)C(=O)Sc2cc(OCC(=O)OCC)c(SC)cc2N(c2ccccc2)C1=O. The van der Waals surface area contributed by atoms with Gasteiger partial charge in [-0.3, -0.25) is 14.5 Å². The van der Waals surface area contributed by atoms with E-state index < -0.39 is 11.4 Å². The molecule has 0 fully saturated rings. The highest BCUT2D eigenvalue weighted by Gasteiger charge is 2.49. The van der Waals surface area contributed by atoms with Gasteiger partial charge in [0.05, 0.1) is 17.2 Å². The number of carbonyl (C=O) groups is 3. The minimum atomic E-state index is -1.11. The maximum absolute atomic E-state index is 14.1. The van der Waals surface area contributed by atoms with Crippen molar-refractivity contribution in [1.82, 2.24) is 0 Å². The average molecular weight is 502 g/mol. The van der Waals surface area contributed by atoms with Crippen LogP contribution in [0.25, 0.3) is 0 Å². The van der Waals surface area contributed by atoms with Crippen molar-refractivity contribution in [2.24, 2.45) is 5.41 Å². The number of ether oxygens (including phenoxy) is 2. The third-order valence-electron chi connectivity index (χ3n) is 5.92. The van der Waals surface area contributed by atoms with E-state index in [4.69, 9.17) is 9.47 Å². The van der Waals surface area contributed by atoms with Gasteiger partial charge in [-0.05, 0) is 62.0 Å². The largest absolute Gasteiger partial charge is 0.481 e. The Bertz CT molecular complexity index is 1040. The number of carbonyl (C=O) groups excluding carboxylic acids is 3. The normalized spacial score (nSPS) is 17.8. The molecule has 1 aliphatic rings. The van der Waals surface area contributed by atoms with Crippen LogP contribution in [-0.2, 0) is 19.1 Å². The smallest absolute Gasteiger partial charge is 0.344 e. The quantitative estimate of drug-likeness (QED) is 0.217. The number of esters is 1. The molecular formula is C26H31NO5S2. The zero-order valence-corrected chi connectivity index (χ0v) is 21.7. The summed E-state index contributed by atoms with van der Waals surface area (Å²) in [5.41, 5.74) is 0.251. The van der Waals surface area contributed by atoms with Crippen LogP contribution in [0.15, 0.2) is 52.3 Å². The van der Waals surface area contributed by atoms with E-state index in [2.05, 4.69) is 6.92 Å². The van der Waals surface area contributed by atoms with Crippen LogP contribution in [0.5, 0.6) is 5.75 Å². The summed E-state index contributed by atoms with van der Waals surface area (Å²) in [5, 5.41) is -0.152.